The first-order chi connectivity index (χ1) is 15.7. The normalized spacial score (nSPS) is 15.4. The van der Waals surface area contributed by atoms with Gasteiger partial charge in [-0.05, 0) is 33.3 Å². The van der Waals surface area contributed by atoms with Crippen molar-refractivity contribution in [2.45, 2.75) is 52.2 Å². The average Bonchev–Trinajstić information content (AvgIpc) is 2.76. The van der Waals surface area contributed by atoms with Crippen LogP contribution < -0.4 is 20.5 Å². The predicted octanol–water partition coefficient (Wildman–Crippen LogP) is 2.97. The number of aliphatic hydroxyl groups is 1. The Morgan fingerprint density at radius 2 is 2.06 bits per heavy atom. The van der Waals surface area contributed by atoms with Gasteiger partial charge in [-0.25, -0.2) is 9.78 Å². The molecule has 0 radical (unpaired) electrons. The number of allylic oxidation sites excluding steroid dienone is 3. The van der Waals surface area contributed by atoms with Crippen LogP contribution in [-0.4, -0.2) is 65.1 Å². The van der Waals surface area contributed by atoms with E-state index in [1.54, 1.807) is 24.0 Å². The molecule has 0 atom stereocenters. The molecule has 1 aliphatic rings. The van der Waals surface area contributed by atoms with E-state index >= 15 is 0 Å². The van der Waals surface area contributed by atoms with E-state index < -0.39 is 0 Å². The number of aromatic nitrogens is 2. The maximum atomic E-state index is 12.1. The van der Waals surface area contributed by atoms with Crippen molar-refractivity contribution in [3.63, 3.8) is 0 Å². The molecule has 10 heteroatoms. The number of carbonyl (C=O) groups is 1. The Morgan fingerprint density at radius 1 is 1.36 bits per heavy atom. The number of amides is 1. The van der Waals surface area contributed by atoms with Gasteiger partial charge in [-0.15, -0.1) is 0 Å². The molecular formula is C23H35N5O5. The first-order valence-electron chi connectivity index (χ1n) is 11.0. The second-order valence-corrected chi connectivity index (χ2v) is 7.98. The average molecular weight is 462 g/mol. The van der Waals surface area contributed by atoms with Crippen LogP contribution in [0.4, 0.5) is 10.6 Å². The second-order valence-electron chi connectivity index (χ2n) is 7.98. The highest BCUT2D eigenvalue weighted by atomic mass is 16.6. The highest BCUT2D eigenvalue weighted by molar-refractivity contribution is 5.67. The van der Waals surface area contributed by atoms with Crippen LogP contribution in [-0.2, 0) is 4.74 Å². The van der Waals surface area contributed by atoms with E-state index in [1.807, 2.05) is 13.8 Å². The largest absolute Gasteiger partial charge is 0.489 e. The summed E-state index contributed by atoms with van der Waals surface area (Å²) >= 11 is 0. The second kappa shape index (κ2) is 12.7. The van der Waals surface area contributed by atoms with E-state index in [0.717, 1.165) is 5.57 Å². The van der Waals surface area contributed by atoms with E-state index in [4.69, 9.17) is 25.1 Å². The van der Waals surface area contributed by atoms with Crippen molar-refractivity contribution < 1.29 is 24.1 Å². The van der Waals surface area contributed by atoms with Crippen LogP contribution >= 0.6 is 0 Å². The topological polar surface area (TPSA) is 132 Å². The molecule has 1 aromatic rings. The molecule has 182 valence electrons. The van der Waals surface area contributed by atoms with Crippen molar-refractivity contribution in [3.8, 4) is 11.6 Å². The van der Waals surface area contributed by atoms with Gasteiger partial charge in [0.1, 0.15) is 12.4 Å². The number of nitrogens with one attached hydrogen (secondary N) is 1. The van der Waals surface area contributed by atoms with Crippen molar-refractivity contribution in [1.29, 1.82) is 0 Å². The summed E-state index contributed by atoms with van der Waals surface area (Å²) in [4.78, 5) is 22.3. The van der Waals surface area contributed by atoms with Crippen molar-refractivity contribution in [2.75, 3.05) is 32.1 Å². The van der Waals surface area contributed by atoms with Gasteiger partial charge in [0.2, 0.25) is 5.75 Å². The monoisotopic (exact) mass is 461 g/mol. The minimum atomic E-state index is -0.305. The van der Waals surface area contributed by atoms with Gasteiger partial charge in [0, 0.05) is 38.2 Å². The molecule has 10 nitrogen and oxygen atoms in total. The zero-order valence-corrected chi connectivity index (χ0v) is 19.8. The number of hydrogen-bond acceptors (Lipinski definition) is 9. The molecule has 0 bridgehead atoms. The lowest BCUT2D eigenvalue weighted by Crippen LogP contribution is -2.42. The quantitative estimate of drug-likeness (QED) is 0.450. The molecule has 0 saturated carbocycles. The van der Waals surface area contributed by atoms with Crippen molar-refractivity contribution in [1.82, 2.24) is 14.9 Å². The smallest absolute Gasteiger partial charge is 0.410 e. The summed E-state index contributed by atoms with van der Waals surface area (Å²) in [5.74, 6) is 1.05. The standard InChI is InChI=1S/C23H35N5O5/c1-15(2)32-23(30)28-11-8-18(9-12-28)33-22-20(31-5)21(25-14-26-22)27-19(17(4)24)7-6-16(3)10-13-29/h6-7,14-15,18,29H,3,8-13,24H2,1-2,4-5H3,(H,25,26,27)/b7-6-,19-17+. The molecule has 1 saturated heterocycles. The number of anilines is 1. The lowest BCUT2D eigenvalue weighted by atomic mass is 10.1. The number of piperidine rings is 1. The van der Waals surface area contributed by atoms with Crippen LogP contribution in [0.3, 0.4) is 0 Å². The van der Waals surface area contributed by atoms with Crippen LogP contribution in [0, 0.1) is 0 Å². The third-order valence-corrected chi connectivity index (χ3v) is 4.89. The first-order valence-corrected chi connectivity index (χ1v) is 11.0. The number of aliphatic hydroxyl groups excluding tert-OH is 1. The van der Waals surface area contributed by atoms with Gasteiger partial charge in [-0.2, -0.15) is 4.98 Å². The van der Waals surface area contributed by atoms with Crippen molar-refractivity contribution in [2.24, 2.45) is 5.73 Å². The van der Waals surface area contributed by atoms with E-state index in [2.05, 4.69) is 21.9 Å². The van der Waals surface area contributed by atoms with Crippen LogP contribution in [0.25, 0.3) is 0 Å². The number of rotatable bonds is 10. The van der Waals surface area contributed by atoms with Gasteiger partial charge in [0.05, 0.1) is 18.9 Å². The number of ether oxygens (including phenoxy) is 3. The zero-order chi connectivity index (χ0) is 24.4. The van der Waals surface area contributed by atoms with Gasteiger partial charge >= 0.3 is 6.09 Å². The van der Waals surface area contributed by atoms with Gasteiger partial charge in [0.25, 0.3) is 5.88 Å². The fraction of sp³-hybridized carbons (Fsp3) is 0.522. The molecule has 4 N–H and O–H groups in total. The first kappa shape index (κ1) is 26.0. The number of nitrogens with zero attached hydrogens (tertiary/aromatic N) is 3. The fourth-order valence-corrected chi connectivity index (χ4v) is 3.13. The van der Waals surface area contributed by atoms with Crippen LogP contribution in [0.2, 0.25) is 0 Å². The van der Waals surface area contributed by atoms with Crippen LogP contribution in [0.5, 0.6) is 11.6 Å². The summed E-state index contributed by atoms with van der Waals surface area (Å²) in [5.41, 5.74) is 7.92. The minimum Gasteiger partial charge on any atom is -0.489 e. The zero-order valence-electron chi connectivity index (χ0n) is 19.8. The number of likely N-dealkylation sites (tertiary alicyclic amines) is 1. The fourth-order valence-electron chi connectivity index (χ4n) is 3.13. The Morgan fingerprint density at radius 3 is 2.64 bits per heavy atom. The summed E-state index contributed by atoms with van der Waals surface area (Å²) in [6.07, 6.45) is 6.10. The SMILES string of the molecule is C=C(/C=C\C(Nc1ncnc(OC2CCN(C(=O)OC(C)C)CC2)c1OC)=C(\C)N)CCO. The maximum absolute atomic E-state index is 12.1. The molecular weight excluding hydrogens is 426 g/mol. The Kier molecular flexibility index (Phi) is 9.99. The van der Waals surface area contributed by atoms with Gasteiger partial charge < -0.3 is 35.3 Å². The Balaban J connectivity index is 2.09. The van der Waals surface area contributed by atoms with E-state index in [1.165, 1.54) is 13.4 Å². The van der Waals surface area contributed by atoms with Gasteiger partial charge in [-0.3, -0.25) is 0 Å². The lowest BCUT2D eigenvalue weighted by Gasteiger charge is -2.32. The number of hydrogen-bond donors (Lipinski definition) is 3. The molecule has 0 aromatic carbocycles. The molecule has 33 heavy (non-hydrogen) atoms. The van der Waals surface area contributed by atoms with E-state index in [9.17, 15) is 4.79 Å². The number of methoxy groups -OCH3 is 1. The Bertz CT molecular complexity index is 872. The molecule has 1 aliphatic heterocycles. The number of nitrogens with two attached hydrogens (primary N) is 1. The molecule has 0 unspecified atom stereocenters. The minimum absolute atomic E-state index is 0.0233. The summed E-state index contributed by atoms with van der Waals surface area (Å²) in [6, 6.07) is 0. The summed E-state index contributed by atoms with van der Waals surface area (Å²) in [6.45, 7) is 10.4. The molecule has 1 amide bonds. The molecule has 0 spiro atoms. The Labute approximate surface area is 195 Å². The molecule has 1 aromatic heterocycles. The summed E-state index contributed by atoms with van der Waals surface area (Å²) in [7, 11) is 1.51. The third-order valence-electron chi connectivity index (χ3n) is 4.89. The highest BCUT2D eigenvalue weighted by Gasteiger charge is 2.27. The molecule has 2 rings (SSSR count). The molecule has 1 fully saturated rings. The van der Waals surface area contributed by atoms with Crippen molar-refractivity contribution in [3.05, 3.63) is 42.0 Å². The third kappa shape index (κ3) is 7.98. The lowest BCUT2D eigenvalue weighted by molar-refractivity contribution is 0.0500. The summed E-state index contributed by atoms with van der Waals surface area (Å²) in [5, 5.41) is 12.2. The Hall–Kier alpha value is -3.27. The van der Waals surface area contributed by atoms with E-state index in [0.29, 0.717) is 61.2 Å². The maximum Gasteiger partial charge on any atom is 0.410 e. The predicted molar refractivity (Wildman–Crippen MR) is 126 cm³/mol. The van der Waals surface area contributed by atoms with Gasteiger partial charge in [0.15, 0.2) is 5.82 Å². The van der Waals surface area contributed by atoms with Crippen molar-refractivity contribution >= 4 is 11.9 Å². The molecule has 2 heterocycles. The summed E-state index contributed by atoms with van der Waals surface area (Å²) < 4.78 is 16.9. The number of carbonyl (C=O) groups excluding carboxylic acids is 1. The van der Waals surface area contributed by atoms with Gasteiger partial charge in [-0.1, -0.05) is 18.2 Å². The highest BCUT2D eigenvalue weighted by Crippen LogP contribution is 2.34. The van der Waals surface area contributed by atoms with Crippen LogP contribution in [0.1, 0.15) is 40.0 Å². The van der Waals surface area contributed by atoms with E-state index in [-0.39, 0.29) is 24.9 Å². The van der Waals surface area contributed by atoms with Crippen LogP contribution in [0.15, 0.2) is 42.0 Å². The molecule has 0 aliphatic carbocycles.